The predicted molar refractivity (Wildman–Crippen MR) is 127 cm³/mol. The average molecular weight is 419 g/mol. The number of methoxy groups -OCH3 is 1. The second kappa shape index (κ2) is 8.40. The first kappa shape index (κ1) is 19.6. The van der Waals surface area contributed by atoms with Gasteiger partial charge in [0.25, 0.3) is 5.91 Å². The summed E-state index contributed by atoms with van der Waals surface area (Å²) in [7, 11) is 1.58. The number of hydrogen-bond donors (Lipinski definition) is 1. The van der Waals surface area contributed by atoms with Crippen molar-refractivity contribution in [3.05, 3.63) is 109 Å². The highest BCUT2D eigenvalue weighted by Crippen LogP contribution is 2.26. The van der Waals surface area contributed by atoms with Crippen LogP contribution < -0.4 is 10.1 Å². The van der Waals surface area contributed by atoms with Crippen LogP contribution in [0.5, 0.6) is 5.75 Å². The highest BCUT2D eigenvalue weighted by molar-refractivity contribution is 6.06. The van der Waals surface area contributed by atoms with E-state index in [2.05, 4.69) is 41.7 Å². The molecule has 3 aromatic carbocycles. The number of amides is 1. The Kier molecular flexibility index (Phi) is 5.14. The second-order valence-electron chi connectivity index (χ2n) is 7.41. The van der Waals surface area contributed by atoms with Crippen LogP contribution in [0.3, 0.4) is 0 Å². The van der Waals surface area contributed by atoms with Crippen LogP contribution >= 0.6 is 0 Å². The van der Waals surface area contributed by atoms with Crippen molar-refractivity contribution < 1.29 is 9.53 Å². The second-order valence-corrected chi connectivity index (χ2v) is 7.41. The fourth-order valence-corrected chi connectivity index (χ4v) is 3.67. The quantitative estimate of drug-likeness (QED) is 0.384. The summed E-state index contributed by atoms with van der Waals surface area (Å²) in [6.45, 7) is 0. The molecule has 0 spiro atoms. The summed E-state index contributed by atoms with van der Waals surface area (Å²) in [5, 5.41) is 2.97. The van der Waals surface area contributed by atoms with Gasteiger partial charge in [-0.25, -0.2) is 4.98 Å². The van der Waals surface area contributed by atoms with Gasteiger partial charge in [-0.15, -0.1) is 0 Å². The van der Waals surface area contributed by atoms with Crippen LogP contribution in [0.25, 0.3) is 28.0 Å². The van der Waals surface area contributed by atoms with Crippen molar-refractivity contribution >= 4 is 17.2 Å². The number of carbonyl (C=O) groups is 1. The average Bonchev–Trinajstić information content (AvgIpc) is 3.30. The smallest absolute Gasteiger partial charge is 0.255 e. The van der Waals surface area contributed by atoms with E-state index < -0.39 is 0 Å². The molecule has 0 unspecified atom stereocenters. The summed E-state index contributed by atoms with van der Waals surface area (Å²) in [6.07, 6.45) is 3.89. The Labute approximate surface area is 185 Å². The number of benzene rings is 3. The van der Waals surface area contributed by atoms with Crippen LogP contribution in [-0.2, 0) is 0 Å². The van der Waals surface area contributed by atoms with E-state index in [1.54, 1.807) is 31.4 Å². The van der Waals surface area contributed by atoms with E-state index >= 15 is 0 Å². The maximum Gasteiger partial charge on any atom is 0.255 e. The predicted octanol–water partition coefficient (Wildman–Crippen LogP) is 5.93. The number of nitrogens with one attached hydrogen (secondary N) is 1. The number of fused-ring (bicyclic) bond motifs is 1. The summed E-state index contributed by atoms with van der Waals surface area (Å²) >= 11 is 0. The van der Waals surface area contributed by atoms with Crippen molar-refractivity contribution in [2.75, 3.05) is 12.4 Å². The first-order valence-electron chi connectivity index (χ1n) is 10.3. The van der Waals surface area contributed by atoms with E-state index in [-0.39, 0.29) is 5.91 Å². The fourth-order valence-electron chi connectivity index (χ4n) is 3.67. The molecule has 0 bridgehead atoms. The van der Waals surface area contributed by atoms with Crippen LogP contribution in [0.4, 0.5) is 5.69 Å². The SMILES string of the molecule is COc1cccc(C(=O)Nc2cccn3cc(-c4ccc(-c5ccccc5)cc4)nc23)c1. The lowest BCUT2D eigenvalue weighted by Gasteiger charge is -2.07. The maximum absolute atomic E-state index is 12.8. The Balaban J connectivity index is 1.43. The van der Waals surface area contributed by atoms with E-state index in [0.717, 1.165) is 16.8 Å². The molecule has 0 saturated heterocycles. The summed E-state index contributed by atoms with van der Waals surface area (Å²) in [5.41, 5.74) is 6.04. The first-order chi connectivity index (χ1) is 15.7. The van der Waals surface area contributed by atoms with Crippen LogP contribution in [-0.4, -0.2) is 22.4 Å². The van der Waals surface area contributed by atoms with Crippen molar-refractivity contribution in [3.63, 3.8) is 0 Å². The van der Waals surface area contributed by atoms with E-state index in [1.807, 2.05) is 47.1 Å². The third-order valence-corrected chi connectivity index (χ3v) is 5.35. The molecule has 156 valence electrons. The molecular formula is C27H21N3O2. The Morgan fingerprint density at radius 3 is 2.38 bits per heavy atom. The van der Waals surface area contributed by atoms with Crippen molar-refractivity contribution in [1.82, 2.24) is 9.38 Å². The van der Waals surface area contributed by atoms with Gasteiger partial charge < -0.3 is 14.5 Å². The van der Waals surface area contributed by atoms with Crippen LogP contribution in [0, 0.1) is 0 Å². The highest BCUT2D eigenvalue weighted by Gasteiger charge is 2.12. The zero-order chi connectivity index (χ0) is 21.9. The lowest BCUT2D eigenvalue weighted by molar-refractivity contribution is 0.102. The maximum atomic E-state index is 12.8. The number of ether oxygens (including phenoxy) is 1. The monoisotopic (exact) mass is 419 g/mol. The Bertz CT molecular complexity index is 1390. The minimum Gasteiger partial charge on any atom is -0.497 e. The summed E-state index contributed by atoms with van der Waals surface area (Å²) in [5.74, 6) is 0.423. The summed E-state index contributed by atoms with van der Waals surface area (Å²) in [6, 6.07) is 29.4. The first-order valence-corrected chi connectivity index (χ1v) is 10.3. The van der Waals surface area contributed by atoms with Gasteiger partial charge >= 0.3 is 0 Å². The standard InChI is InChI=1S/C27H21N3O2/c1-32-23-10-5-9-22(17-23)27(31)29-24-11-6-16-30-18-25(28-26(24)30)21-14-12-20(13-15-21)19-7-3-2-4-8-19/h2-18H,1H3,(H,29,31). The molecular weight excluding hydrogens is 398 g/mol. The lowest BCUT2D eigenvalue weighted by atomic mass is 10.0. The van der Waals surface area contributed by atoms with Gasteiger partial charge in [0.15, 0.2) is 5.65 Å². The van der Waals surface area contributed by atoms with Crippen LogP contribution in [0.15, 0.2) is 103 Å². The number of nitrogens with zero attached hydrogens (tertiary/aromatic N) is 2. The van der Waals surface area contributed by atoms with Crippen molar-refractivity contribution in [1.29, 1.82) is 0 Å². The number of imidazole rings is 1. The topological polar surface area (TPSA) is 55.6 Å². The molecule has 0 aliphatic heterocycles. The number of hydrogen-bond acceptors (Lipinski definition) is 3. The number of carbonyl (C=O) groups excluding carboxylic acids is 1. The molecule has 0 fully saturated rings. The largest absolute Gasteiger partial charge is 0.497 e. The van der Waals surface area contributed by atoms with Gasteiger partial charge in [-0.2, -0.15) is 0 Å². The number of aromatic nitrogens is 2. The number of rotatable bonds is 5. The van der Waals surface area contributed by atoms with Crippen LogP contribution in [0.1, 0.15) is 10.4 Å². The zero-order valence-corrected chi connectivity index (χ0v) is 17.5. The molecule has 0 saturated carbocycles. The van der Waals surface area contributed by atoms with E-state index in [9.17, 15) is 4.79 Å². The highest BCUT2D eigenvalue weighted by atomic mass is 16.5. The Hall–Kier alpha value is -4.38. The van der Waals surface area contributed by atoms with Crippen molar-refractivity contribution in [2.45, 2.75) is 0 Å². The van der Waals surface area contributed by atoms with Gasteiger partial charge in [0.1, 0.15) is 5.75 Å². The molecule has 2 aromatic heterocycles. The summed E-state index contributed by atoms with van der Waals surface area (Å²) < 4.78 is 7.14. The molecule has 1 amide bonds. The molecule has 5 nitrogen and oxygen atoms in total. The zero-order valence-electron chi connectivity index (χ0n) is 17.5. The molecule has 32 heavy (non-hydrogen) atoms. The molecule has 0 aliphatic rings. The van der Waals surface area contributed by atoms with Crippen LogP contribution in [0.2, 0.25) is 0 Å². The molecule has 0 radical (unpaired) electrons. The molecule has 2 heterocycles. The van der Waals surface area contributed by atoms with E-state index in [4.69, 9.17) is 9.72 Å². The third kappa shape index (κ3) is 3.84. The molecule has 0 atom stereocenters. The van der Waals surface area contributed by atoms with Crippen molar-refractivity contribution in [2.24, 2.45) is 0 Å². The summed E-state index contributed by atoms with van der Waals surface area (Å²) in [4.78, 5) is 17.6. The Morgan fingerprint density at radius 1 is 0.844 bits per heavy atom. The third-order valence-electron chi connectivity index (χ3n) is 5.35. The van der Waals surface area contributed by atoms with Gasteiger partial charge in [-0.1, -0.05) is 60.7 Å². The molecule has 0 aliphatic carbocycles. The van der Waals surface area contributed by atoms with E-state index in [0.29, 0.717) is 22.6 Å². The lowest BCUT2D eigenvalue weighted by Crippen LogP contribution is -2.12. The molecule has 5 heteroatoms. The molecule has 5 rings (SSSR count). The molecule has 1 N–H and O–H groups in total. The minimum absolute atomic E-state index is 0.214. The number of pyridine rings is 1. The van der Waals surface area contributed by atoms with Gasteiger partial charge in [0, 0.05) is 23.5 Å². The van der Waals surface area contributed by atoms with Gasteiger partial charge in [-0.3, -0.25) is 4.79 Å². The Morgan fingerprint density at radius 2 is 1.59 bits per heavy atom. The molecule has 5 aromatic rings. The van der Waals surface area contributed by atoms with Crippen molar-refractivity contribution in [3.8, 4) is 28.1 Å². The number of anilines is 1. The van der Waals surface area contributed by atoms with Gasteiger partial charge in [0.2, 0.25) is 0 Å². The van der Waals surface area contributed by atoms with Gasteiger partial charge in [0.05, 0.1) is 18.5 Å². The van der Waals surface area contributed by atoms with E-state index in [1.165, 1.54) is 5.56 Å². The van der Waals surface area contributed by atoms with Gasteiger partial charge in [-0.05, 0) is 41.5 Å². The fraction of sp³-hybridized carbons (Fsp3) is 0.0370. The minimum atomic E-state index is -0.214. The normalized spacial score (nSPS) is 10.8.